The standard InChI is InChI=1S/C9H10ClNO3/c1-3-14-9-5-7(10)6(2)4-8(9)11(12)13/h4-5H,3H2,1-2H3. The highest BCUT2D eigenvalue weighted by molar-refractivity contribution is 6.31. The first kappa shape index (κ1) is 10.8. The lowest BCUT2D eigenvalue weighted by Crippen LogP contribution is -1.98. The van der Waals surface area contributed by atoms with Crippen LogP contribution in [0.1, 0.15) is 12.5 Å². The van der Waals surface area contributed by atoms with E-state index in [1.54, 1.807) is 13.8 Å². The molecule has 76 valence electrons. The molecule has 0 heterocycles. The number of benzene rings is 1. The summed E-state index contributed by atoms with van der Waals surface area (Å²) in [7, 11) is 0. The Morgan fingerprint density at radius 2 is 2.21 bits per heavy atom. The average Bonchev–Trinajstić information content (AvgIpc) is 2.11. The second kappa shape index (κ2) is 4.28. The number of nitro benzene ring substituents is 1. The first-order valence-electron chi connectivity index (χ1n) is 4.13. The number of nitrogens with zero attached hydrogens (tertiary/aromatic N) is 1. The van der Waals surface area contributed by atoms with Crippen molar-refractivity contribution in [2.45, 2.75) is 13.8 Å². The van der Waals surface area contributed by atoms with Crippen molar-refractivity contribution >= 4 is 17.3 Å². The van der Waals surface area contributed by atoms with Gasteiger partial charge in [0.15, 0.2) is 5.75 Å². The van der Waals surface area contributed by atoms with Gasteiger partial charge in [-0.15, -0.1) is 0 Å². The minimum atomic E-state index is -0.478. The van der Waals surface area contributed by atoms with Crippen LogP contribution in [0.2, 0.25) is 5.02 Å². The van der Waals surface area contributed by atoms with Crippen molar-refractivity contribution in [3.8, 4) is 5.75 Å². The molecular formula is C9H10ClNO3. The average molecular weight is 216 g/mol. The molecule has 1 aromatic rings. The van der Waals surface area contributed by atoms with Crippen molar-refractivity contribution < 1.29 is 9.66 Å². The normalized spacial score (nSPS) is 9.93. The highest BCUT2D eigenvalue weighted by Crippen LogP contribution is 2.32. The van der Waals surface area contributed by atoms with Gasteiger partial charge in [0.25, 0.3) is 0 Å². The zero-order chi connectivity index (χ0) is 10.7. The maximum absolute atomic E-state index is 10.6. The van der Waals surface area contributed by atoms with Crippen LogP contribution >= 0.6 is 11.6 Å². The number of ether oxygens (including phenoxy) is 1. The van der Waals surface area contributed by atoms with Crippen molar-refractivity contribution in [2.75, 3.05) is 6.61 Å². The minimum absolute atomic E-state index is 0.0475. The van der Waals surface area contributed by atoms with Gasteiger partial charge in [0, 0.05) is 17.2 Å². The van der Waals surface area contributed by atoms with E-state index < -0.39 is 4.92 Å². The Morgan fingerprint density at radius 3 is 2.71 bits per heavy atom. The Morgan fingerprint density at radius 1 is 1.57 bits per heavy atom. The Bertz CT molecular complexity index is 365. The third-order valence-corrected chi connectivity index (χ3v) is 2.14. The van der Waals surface area contributed by atoms with Gasteiger partial charge in [-0.3, -0.25) is 10.1 Å². The molecule has 14 heavy (non-hydrogen) atoms. The molecule has 0 bridgehead atoms. The van der Waals surface area contributed by atoms with Crippen LogP contribution in [-0.4, -0.2) is 11.5 Å². The van der Waals surface area contributed by atoms with Gasteiger partial charge in [0.2, 0.25) is 0 Å². The van der Waals surface area contributed by atoms with Crippen molar-refractivity contribution in [2.24, 2.45) is 0 Å². The molecule has 0 unspecified atom stereocenters. The van der Waals surface area contributed by atoms with Gasteiger partial charge in [0.05, 0.1) is 11.5 Å². The van der Waals surface area contributed by atoms with Crippen LogP contribution < -0.4 is 4.74 Å². The fraction of sp³-hybridized carbons (Fsp3) is 0.333. The summed E-state index contributed by atoms with van der Waals surface area (Å²) in [5.41, 5.74) is 0.621. The van der Waals surface area contributed by atoms with E-state index in [1.807, 2.05) is 0 Å². The monoisotopic (exact) mass is 215 g/mol. The van der Waals surface area contributed by atoms with Crippen molar-refractivity contribution in [3.63, 3.8) is 0 Å². The van der Waals surface area contributed by atoms with E-state index in [2.05, 4.69) is 0 Å². The Labute approximate surface area is 86.6 Å². The predicted octanol–water partition coefficient (Wildman–Crippen LogP) is 2.96. The van der Waals surface area contributed by atoms with Crippen LogP contribution in [0, 0.1) is 17.0 Å². The topological polar surface area (TPSA) is 52.4 Å². The summed E-state index contributed by atoms with van der Waals surface area (Å²) >= 11 is 5.82. The minimum Gasteiger partial charge on any atom is -0.487 e. The van der Waals surface area contributed by atoms with Crippen LogP contribution in [0.3, 0.4) is 0 Å². The second-order valence-electron chi connectivity index (χ2n) is 2.76. The number of nitro groups is 1. The Balaban J connectivity index is 3.24. The number of rotatable bonds is 3. The Kier molecular flexibility index (Phi) is 3.30. The summed E-state index contributed by atoms with van der Waals surface area (Å²) in [5.74, 6) is 0.216. The molecule has 0 aliphatic rings. The summed E-state index contributed by atoms with van der Waals surface area (Å²) in [4.78, 5) is 10.2. The van der Waals surface area contributed by atoms with Crippen molar-refractivity contribution in [1.82, 2.24) is 0 Å². The van der Waals surface area contributed by atoms with Crippen LogP contribution in [-0.2, 0) is 0 Å². The summed E-state index contributed by atoms with van der Waals surface area (Å²) in [5, 5.41) is 11.1. The third-order valence-electron chi connectivity index (χ3n) is 1.74. The van der Waals surface area contributed by atoms with Gasteiger partial charge in [-0.2, -0.15) is 0 Å². The molecule has 0 aromatic heterocycles. The molecule has 5 heteroatoms. The lowest BCUT2D eigenvalue weighted by atomic mass is 10.2. The molecule has 0 spiro atoms. The van der Waals surface area contributed by atoms with E-state index in [-0.39, 0.29) is 11.4 Å². The van der Waals surface area contributed by atoms with Crippen molar-refractivity contribution in [3.05, 3.63) is 32.8 Å². The van der Waals surface area contributed by atoms with E-state index in [0.29, 0.717) is 17.2 Å². The largest absolute Gasteiger partial charge is 0.487 e. The first-order valence-corrected chi connectivity index (χ1v) is 4.51. The lowest BCUT2D eigenvalue weighted by molar-refractivity contribution is -0.385. The predicted molar refractivity (Wildman–Crippen MR) is 54.0 cm³/mol. The highest BCUT2D eigenvalue weighted by atomic mass is 35.5. The summed E-state index contributed by atoms with van der Waals surface area (Å²) in [6, 6.07) is 2.88. The van der Waals surface area contributed by atoms with E-state index in [4.69, 9.17) is 16.3 Å². The van der Waals surface area contributed by atoms with E-state index in [1.165, 1.54) is 12.1 Å². The molecule has 1 rings (SSSR count). The number of aryl methyl sites for hydroxylation is 1. The van der Waals surface area contributed by atoms with Crippen molar-refractivity contribution in [1.29, 1.82) is 0 Å². The number of hydrogen-bond acceptors (Lipinski definition) is 3. The fourth-order valence-electron chi connectivity index (χ4n) is 1.06. The van der Waals surface area contributed by atoms with Gasteiger partial charge in [-0.05, 0) is 19.4 Å². The molecule has 0 amide bonds. The molecular weight excluding hydrogens is 206 g/mol. The zero-order valence-corrected chi connectivity index (χ0v) is 8.67. The smallest absolute Gasteiger partial charge is 0.311 e. The summed E-state index contributed by atoms with van der Waals surface area (Å²) in [6.45, 7) is 3.85. The maximum atomic E-state index is 10.6. The van der Waals surface area contributed by atoms with Crippen LogP contribution in [0.5, 0.6) is 5.75 Å². The number of hydrogen-bond donors (Lipinski definition) is 0. The number of halogens is 1. The van der Waals surface area contributed by atoms with Gasteiger partial charge in [-0.1, -0.05) is 11.6 Å². The quantitative estimate of drug-likeness (QED) is 0.575. The molecule has 0 fully saturated rings. The van der Waals surface area contributed by atoms with Gasteiger partial charge in [0.1, 0.15) is 0 Å². The molecule has 4 nitrogen and oxygen atoms in total. The van der Waals surface area contributed by atoms with Crippen LogP contribution in [0.15, 0.2) is 12.1 Å². The Hall–Kier alpha value is -1.29. The zero-order valence-electron chi connectivity index (χ0n) is 7.91. The van der Waals surface area contributed by atoms with Gasteiger partial charge >= 0.3 is 5.69 Å². The molecule has 0 saturated heterocycles. The SMILES string of the molecule is CCOc1cc(Cl)c(C)cc1[N+](=O)[O-]. The molecule has 1 aromatic carbocycles. The second-order valence-corrected chi connectivity index (χ2v) is 3.17. The van der Waals surface area contributed by atoms with E-state index in [9.17, 15) is 10.1 Å². The highest BCUT2D eigenvalue weighted by Gasteiger charge is 2.16. The van der Waals surface area contributed by atoms with E-state index in [0.717, 1.165) is 0 Å². The molecule has 0 radical (unpaired) electrons. The van der Waals surface area contributed by atoms with E-state index >= 15 is 0 Å². The first-order chi connectivity index (χ1) is 6.56. The van der Waals surface area contributed by atoms with Crippen LogP contribution in [0.4, 0.5) is 5.69 Å². The molecule has 0 saturated carbocycles. The van der Waals surface area contributed by atoms with Gasteiger partial charge < -0.3 is 4.74 Å². The lowest BCUT2D eigenvalue weighted by Gasteiger charge is -2.05. The molecule has 0 aliphatic heterocycles. The molecule has 0 atom stereocenters. The van der Waals surface area contributed by atoms with Gasteiger partial charge in [-0.25, -0.2) is 0 Å². The molecule has 0 aliphatic carbocycles. The molecule has 0 N–H and O–H groups in total. The summed E-state index contributed by atoms with van der Waals surface area (Å²) in [6.07, 6.45) is 0. The summed E-state index contributed by atoms with van der Waals surface area (Å²) < 4.78 is 5.11. The third kappa shape index (κ3) is 2.14. The van der Waals surface area contributed by atoms with Crippen LogP contribution in [0.25, 0.3) is 0 Å². The fourth-order valence-corrected chi connectivity index (χ4v) is 1.22. The maximum Gasteiger partial charge on any atom is 0.311 e.